The molecule has 104 valence electrons. The molecule has 5 N–H and O–H groups in total. The van der Waals surface area contributed by atoms with Crippen LogP contribution in [-0.4, -0.2) is 44.5 Å². The van der Waals surface area contributed by atoms with Crippen LogP contribution in [0.4, 0.5) is 11.8 Å². The molecular formula is C11H19N7O. The molecule has 0 saturated heterocycles. The van der Waals surface area contributed by atoms with E-state index in [2.05, 4.69) is 44.3 Å². The van der Waals surface area contributed by atoms with Crippen molar-refractivity contribution in [1.29, 1.82) is 0 Å². The number of nitrogen functional groups attached to an aromatic ring is 1. The van der Waals surface area contributed by atoms with Crippen LogP contribution >= 0.6 is 0 Å². The second kappa shape index (κ2) is 5.81. The van der Waals surface area contributed by atoms with Crippen LogP contribution in [0.2, 0.25) is 0 Å². The second-order valence-corrected chi connectivity index (χ2v) is 4.51. The summed E-state index contributed by atoms with van der Waals surface area (Å²) in [4.78, 5) is 10.7. The average Bonchev–Trinajstić information content (AvgIpc) is 2.86. The third-order valence-corrected chi connectivity index (χ3v) is 2.87. The Labute approximate surface area is 111 Å². The molecule has 0 aliphatic rings. The first-order valence-electron chi connectivity index (χ1n) is 6.22. The van der Waals surface area contributed by atoms with Crippen LogP contribution in [0.1, 0.15) is 20.3 Å². The first-order valence-corrected chi connectivity index (χ1v) is 6.22. The van der Waals surface area contributed by atoms with E-state index in [-0.39, 0.29) is 12.6 Å². The summed E-state index contributed by atoms with van der Waals surface area (Å²) in [6.45, 7) is 4.99. The molecule has 0 bridgehead atoms. The van der Waals surface area contributed by atoms with Gasteiger partial charge in [-0.15, -0.1) is 0 Å². The Kier molecular flexibility index (Phi) is 4.13. The fourth-order valence-corrected chi connectivity index (χ4v) is 1.95. The van der Waals surface area contributed by atoms with Crippen molar-refractivity contribution in [1.82, 2.24) is 20.2 Å². The van der Waals surface area contributed by atoms with Crippen molar-refractivity contribution in [2.75, 3.05) is 23.5 Å². The number of rotatable bonds is 6. The predicted molar refractivity (Wildman–Crippen MR) is 73.7 cm³/mol. The Morgan fingerprint density at radius 2 is 2.26 bits per heavy atom. The Morgan fingerprint density at radius 1 is 1.47 bits per heavy atom. The molecule has 0 aromatic carbocycles. The zero-order chi connectivity index (χ0) is 13.8. The van der Waals surface area contributed by atoms with Crippen molar-refractivity contribution in [3.8, 4) is 0 Å². The van der Waals surface area contributed by atoms with Gasteiger partial charge in [0, 0.05) is 19.2 Å². The SMILES string of the molecule is CC(C)N(CCCO)c1nc(NN)nc2[nH]ncc12. The first-order chi connectivity index (χ1) is 9.17. The molecule has 2 aromatic rings. The number of aromatic amines is 1. The zero-order valence-electron chi connectivity index (χ0n) is 11.1. The van der Waals surface area contributed by atoms with Crippen LogP contribution in [0.25, 0.3) is 11.0 Å². The number of nitrogens with one attached hydrogen (secondary N) is 2. The Morgan fingerprint density at radius 3 is 2.89 bits per heavy atom. The second-order valence-electron chi connectivity index (χ2n) is 4.51. The summed E-state index contributed by atoms with van der Waals surface area (Å²) in [5.74, 6) is 6.48. The lowest BCUT2D eigenvalue weighted by Crippen LogP contribution is -2.33. The van der Waals surface area contributed by atoms with E-state index in [0.29, 0.717) is 24.6 Å². The highest BCUT2D eigenvalue weighted by atomic mass is 16.3. The van der Waals surface area contributed by atoms with Crippen molar-refractivity contribution < 1.29 is 5.11 Å². The summed E-state index contributed by atoms with van der Waals surface area (Å²) < 4.78 is 0. The molecule has 0 fully saturated rings. The van der Waals surface area contributed by atoms with Crippen molar-refractivity contribution in [2.45, 2.75) is 26.3 Å². The molecule has 0 radical (unpaired) electrons. The molecule has 0 atom stereocenters. The summed E-state index contributed by atoms with van der Waals surface area (Å²) in [6, 6.07) is 0.241. The molecule has 0 unspecified atom stereocenters. The van der Waals surface area contributed by atoms with E-state index in [4.69, 9.17) is 10.9 Å². The Hall–Kier alpha value is -1.93. The highest BCUT2D eigenvalue weighted by molar-refractivity contribution is 5.87. The lowest BCUT2D eigenvalue weighted by Gasteiger charge is -2.28. The number of H-pyrrole nitrogens is 1. The number of nitrogens with zero attached hydrogens (tertiary/aromatic N) is 4. The van der Waals surface area contributed by atoms with E-state index in [1.54, 1.807) is 6.20 Å². The number of anilines is 2. The molecule has 2 heterocycles. The fraction of sp³-hybridized carbons (Fsp3) is 0.545. The normalized spacial score (nSPS) is 11.2. The van der Waals surface area contributed by atoms with E-state index in [1.165, 1.54) is 0 Å². The first kappa shape index (κ1) is 13.5. The van der Waals surface area contributed by atoms with E-state index in [9.17, 15) is 0 Å². The van der Waals surface area contributed by atoms with Gasteiger partial charge in [-0.1, -0.05) is 0 Å². The molecular weight excluding hydrogens is 246 g/mol. The summed E-state index contributed by atoms with van der Waals surface area (Å²) in [5.41, 5.74) is 3.09. The third kappa shape index (κ3) is 2.74. The van der Waals surface area contributed by atoms with Crippen molar-refractivity contribution in [2.24, 2.45) is 5.84 Å². The van der Waals surface area contributed by atoms with Gasteiger partial charge in [-0.3, -0.25) is 10.5 Å². The van der Waals surface area contributed by atoms with Crippen LogP contribution in [-0.2, 0) is 0 Å². The summed E-state index contributed by atoms with van der Waals surface area (Å²) in [6.07, 6.45) is 2.37. The molecule has 0 spiro atoms. The number of nitrogens with two attached hydrogens (primary N) is 1. The zero-order valence-corrected chi connectivity index (χ0v) is 11.1. The Bertz CT molecular complexity index is 539. The molecule has 19 heavy (non-hydrogen) atoms. The maximum Gasteiger partial charge on any atom is 0.241 e. The minimum absolute atomic E-state index is 0.144. The minimum atomic E-state index is 0.144. The largest absolute Gasteiger partial charge is 0.396 e. The summed E-state index contributed by atoms with van der Waals surface area (Å²) in [5, 5.41) is 16.6. The maximum absolute atomic E-state index is 9.01. The average molecular weight is 265 g/mol. The molecule has 8 nitrogen and oxygen atoms in total. The number of fused-ring (bicyclic) bond motifs is 1. The van der Waals surface area contributed by atoms with Gasteiger partial charge in [0.1, 0.15) is 5.82 Å². The fourth-order valence-electron chi connectivity index (χ4n) is 1.95. The lowest BCUT2D eigenvalue weighted by molar-refractivity contribution is 0.288. The van der Waals surface area contributed by atoms with Crippen molar-refractivity contribution in [3.05, 3.63) is 6.20 Å². The molecule has 0 aliphatic heterocycles. The van der Waals surface area contributed by atoms with Crippen LogP contribution in [0.5, 0.6) is 0 Å². The Balaban J connectivity index is 2.47. The molecule has 8 heteroatoms. The van der Waals surface area contributed by atoms with Crippen LogP contribution in [0.15, 0.2) is 6.20 Å². The van der Waals surface area contributed by atoms with E-state index in [1.807, 2.05) is 0 Å². The van der Waals surface area contributed by atoms with Gasteiger partial charge in [-0.05, 0) is 20.3 Å². The van der Waals surface area contributed by atoms with Crippen molar-refractivity contribution >= 4 is 22.8 Å². The molecule has 0 saturated carbocycles. The van der Waals surface area contributed by atoms with Gasteiger partial charge in [0.05, 0.1) is 11.6 Å². The number of aliphatic hydroxyl groups is 1. The summed E-state index contributed by atoms with van der Waals surface area (Å²) in [7, 11) is 0. The molecule has 2 aromatic heterocycles. The number of hydrazine groups is 1. The van der Waals surface area contributed by atoms with E-state index >= 15 is 0 Å². The highest BCUT2D eigenvalue weighted by Gasteiger charge is 2.17. The van der Waals surface area contributed by atoms with E-state index < -0.39 is 0 Å². The van der Waals surface area contributed by atoms with Gasteiger partial charge in [0.15, 0.2) is 5.65 Å². The maximum atomic E-state index is 9.01. The van der Waals surface area contributed by atoms with Gasteiger partial charge in [-0.25, -0.2) is 5.84 Å². The quantitative estimate of drug-likeness (QED) is 0.436. The molecule has 0 amide bonds. The number of hydrogen-bond donors (Lipinski definition) is 4. The third-order valence-electron chi connectivity index (χ3n) is 2.87. The van der Waals surface area contributed by atoms with E-state index in [0.717, 1.165) is 11.2 Å². The predicted octanol–water partition coefficient (Wildman–Crippen LogP) is 0.236. The van der Waals surface area contributed by atoms with Crippen LogP contribution < -0.4 is 16.2 Å². The van der Waals surface area contributed by atoms with Crippen LogP contribution in [0.3, 0.4) is 0 Å². The minimum Gasteiger partial charge on any atom is -0.396 e. The smallest absolute Gasteiger partial charge is 0.241 e. The number of aliphatic hydroxyl groups excluding tert-OH is 1. The van der Waals surface area contributed by atoms with Gasteiger partial charge >= 0.3 is 0 Å². The molecule has 2 rings (SSSR count). The van der Waals surface area contributed by atoms with Gasteiger partial charge < -0.3 is 10.0 Å². The van der Waals surface area contributed by atoms with Gasteiger partial charge in [0.2, 0.25) is 5.95 Å². The van der Waals surface area contributed by atoms with Crippen molar-refractivity contribution in [3.63, 3.8) is 0 Å². The topological polar surface area (TPSA) is 116 Å². The molecule has 0 aliphatic carbocycles. The lowest BCUT2D eigenvalue weighted by atomic mass is 10.2. The highest BCUT2D eigenvalue weighted by Crippen LogP contribution is 2.25. The van der Waals surface area contributed by atoms with Gasteiger partial charge in [0.25, 0.3) is 0 Å². The summed E-state index contributed by atoms with van der Waals surface area (Å²) >= 11 is 0. The standard InChI is InChI=1S/C11H19N7O/c1-7(2)18(4-3-5-19)10-8-6-13-17-9(8)14-11(15-10)16-12/h6-7,19H,3-5,12H2,1-2H3,(H2,13,14,15,16,17). The van der Waals surface area contributed by atoms with Crippen LogP contribution in [0, 0.1) is 0 Å². The number of aromatic nitrogens is 4. The number of hydrogen-bond acceptors (Lipinski definition) is 7. The monoisotopic (exact) mass is 265 g/mol. The van der Waals surface area contributed by atoms with Gasteiger partial charge in [-0.2, -0.15) is 15.1 Å².